The maximum absolute atomic E-state index is 11.7. The van der Waals surface area contributed by atoms with Gasteiger partial charge in [0.25, 0.3) is 0 Å². The zero-order valence-electron chi connectivity index (χ0n) is 16.6. The molecule has 152 valence electrons. The Hall–Kier alpha value is -1.31. The second-order valence-corrected chi connectivity index (χ2v) is 7.13. The number of carbonyl (C=O) groups excluding carboxylic acids is 1. The summed E-state index contributed by atoms with van der Waals surface area (Å²) in [4.78, 5) is 18.0. The number of aliphatic imine (C=N–C) groups is 1. The van der Waals surface area contributed by atoms with Crippen LogP contribution in [0.3, 0.4) is 0 Å². The van der Waals surface area contributed by atoms with Crippen LogP contribution < -0.4 is 11.1 Å². The number of halogens is 1. The van der Waals surface area contributed by atoms with Gasteiger partial charge in [-0.05, 0) is 24.0 Å². The van der Waals surface area contributed by atoms with Crippen molar-refractivity contribution in [2.45, 2.75) is 71.4 Å². The predicted molar refractivity (Wildman–Crippen MR) is 123 cm³/mol. The number of guanidine groups is 1. The van der Waals surface area contributed by atoms with Gasteiger partial charge < -0.3 is 16.0 Å². The molecular weight excluding hydrogens is 451 g/mol. The van der Waals surface area contributed by atoms with Gasteiger partial charge >= 0.3 is 0 Å². The lowest BCUT2D eigenvalue weighted by Crippen LogP contribution is -2.32. The average Bonchev–Trinajstić information content (AvgIpc) is 3.05. The summed E-state index contributed by atoms with van der Waals surface area (Å²) >= 11 is 0. The average molecular weight is 486 g/mol. The molecule has 0 spiro atoms. The van der Waals surface area contributed by atoms with Crippen LogP contribution in [0.25, 0.3) is 0 Å². The Morgan fingerprint density at radius 1 is 1.11 bits per heavy atom. The molecule has 0 unspecified atom stereocenters. The van der Waals surface area contributed by atoms with Crippen molar-refractivity contribution in [3.05, 3.63) is 35.4 Å². The quantitative estimate of drug-likeness (QED) is 0.213. The van der Waals surface area contributed by atoms with Gasteiger partial charge in [0, 0.05) is 26.1 Å². The van der Waals surface area contributed by atoms with Crippen molar-refractivity contribution in [2.24, 2.45) is 10.7 Å². The fourth-order valence-electron chi connectivity index (χ4n) is 3.20. The van der Waals surface area contributed by atoms with E-state index < -0.39 is 0 Å². The first-order valence-electron chi connectivity index (χ1n) is 10.1. The van der Waals surface area contributed by atoms with E-state index in [4.69, 9.17) is 5.73 Å². The van der Waals surface area contributed by atoms with E-state index in [1.165, 1.54) is 37.7 Å². The van der Waals surface area contributed by atoms with Crippen molar-refractivity contribution >= 4 is 35.8 Å². The molecule has 0 bridgehead atoms. The SMILES string of the molecule is CCCCCCCCNC(N)=NCc1ccc(CN2CCCC2=O)cc1.I. The van der Waals surface area contributed by atoms with Gasteiger partial charge in [0.1, 0.15) is 0 Å². The molecule has 1 fully saturated rings. The molecule has 1 aliphatic heterocycles. The van der Waals surface area contributed by atoms with Crippen LogP contribution in [-0.2, 0) is 17.9 Å². The lowest BCUT2D eigenvalue weighted by Gasteiger charge is -2.15. The van der Waals surface area contributed by atoms with Crippen LogP contribution in [0.2, 0.25) is 0 Å². The molecule has 1 heterocycles. The minimum Gasteiger partial charge on any atom is -0.370 e. The van der Waals surface area contributed by atoms with Crippen molar-refractivity contribution in [1.29, 1.82) is 0 Å². The molecule has 27 heavy (non-hydrogen) atoms. The first-order chi connectivity index (χ1) is 12.7. The third-order valence-electron chi connectivity index (χ3n) is 4.84. The topological polar surface area (TPSA) is 70.7 Å². The number of hydrogen-bond donors (Lipinski definition) is 2. The molecule has 1 aliphatic rings. The predicted octanol–water partition coefficient (Wildman–Crippen LogP) is 4.19. The number of nitrogens with zero attached hydrogens (tertiary/aromatic N) is 2. The van der Waals surface area contributed by atoms with E-state index in [1.54, 1.807) is 0 Å². The maximum Gasteiger partial charge on any atom is 0.222 e. The number of unbranched alkanes of at least 4 members (excludes halogenated alkanes) is 5. The van der Waals surface area contributed by atoms with Gasteiger partial charge in [0.15, 0.2) is 5.96 Å². The van der Waals surface area contributed by atoms with Gasteiger partial charge in [-0.3, -0.25) is 4.79 Å². The van der Waals surface area contributed by atoms with Gasteiger partial charge in [-0.15, -0.1) is 24.0 Å². The zero-order chi connectivity index (χ0) is 18.6. The first-order valence-corrected chi connectivity index (χ1v) is 10.1. The van der Waals surface area contributed by atoms with Crippen LogP contribution in [0, 0.1) is 0 Å². The van der Waals surface area contributed by atoms with Gasteiger partial charge in [0.05, 0.1) is 6.54 Å². The van der Waals surface area contributed by atoms with Gasteiger partial charge in [0.2, 0.25) is 5.91 Å². The molecular formula is C21H35IN4O. The summed E-state index contributed by atoms with van der Waals surface area (Å²) in [5.41, 5.74) is 8.23. The number of nitrogens with two attached hydrogens (primary N) is 1. The van der Waals surface area contributed by atoms with Crippen molar-refractivity contribution < 1.29 is 4.79 Å². The third kappa shape index (κ3) is 9.44. The number of nitrogens with one attached hydrogen (secondary N) is 1. The molecule has 0 aromatic heterocycles. The van der Waals surface area contributed by atoms with Gasteiger partial charge in [-0.25, -0.2) is 4.99 Å². The van der Waals surface area contributed by atoms with Crippen LogP contribution in [-0.4, -0.2) is 29.9 Å². The zero-order valence-corrected chi connectivity index (χ0v) is 18.9. The minimum absolute atomic E-state index is 0. The second kappa shape index (κ2) is 13.8. The summed E-state index contributed by atoms with van der Waals surface area (Å²) in [7, 11) is 0. The molecule has 3 N–H and O–H groups in total. The van der Waals surface area contributed by atoms with E-state index in [-0.39, 0.29) is 29.9 Å². The molecule has 1 aromatic carbocycles. The molecule has 0 aliphatic carbocycles. The van der Waals surface area contributed by atoms with E-state index >= 15 is 0 Å². The summed E-state index contributed by atoms with van der Waals surface area (Å²) in [6, 6.07) is 8.30. The lowest BCUT2D eigenvalue weighted by atomic mass is 10.1. The molecule has 0 radical (unpaired) electrons. The Kier molecular flexibility index (Phi) is 12.1. The third-order valence-corrected chi connectivity index (χ3v) is 4.84. The van der Waals surface area contributed by atoms with Crippen LogP contribution >= 0.6 is 24.0 Å². The van der Waals surface area contributed by atoms with E-state index in [9.17, 15) is 4.79 Å². The summed E-state index contributed by atoms with van der Waals surface area (Å²) in [5, 5.41) is 3.19. The Morgan fingerprint density at radius 3 is 2.44 bits per heavy atom. The van der Waals surface area contributed by atoms with Crippen LogP contribution in [0.4, 0.5) is 0 Å². The highest BCUT2D eigenvalue weighted by molar-refractivity contribution is 14.0. The van der Waals surface area contributed by atoms with E-state index in [0.29, 0.717) is 25.5 Å². The highest BCUT2D eigenvalue weighted by atomic mass is 127. The Labute approximate surface area is 181 Å². The van der Waals surface area contributed by atoms with E-state index in [0.717, 1.165) is 31.5 Å². The summed E-state index contributed by atoms with van der Waals surface area (Å²) in [6.07, 6.45) is 9.34. The maximum atomic E-state index is 11.7. The second-order valence-electron chi connectivity index (χ2n) is 7.13. The van der Waals surface area contributed by atoms with Crippen molar-refractivity contribution in [3.8, 4) is 0 Å². The van der Waals surface area contributed by atoms with Crippen molar-refractivity contribution in [3.63, 3.8) is 0 Å². The lowest BCUT2D eigenvalue weighted by molar-refractivity contribution is -0.128. The minimum atomic E-state index is 0. The summed E-state index contributed by atoms with van der Waals surface area (Å²) < 4.78 is 0. The highest BCUT2D eigenvalue weighted by Crippen LogP contribution is 2.15. The molecule has 1 aromatic rings. The van der Waals surface area contributed by atoms with Gasteiger partial charge in [-0.1, -0.05) is 63.3 Å². The normalized spacial score (nSPS) is 14.3. The summed E-state index contributed by atoms with van der Waals surface area (Å²) in [6.45, 7) is 5.30. The fourth-order valence-corrected chi connectivity index (χ4v) is 3.20. The molecule has 1 amide bonds. The van der Waals surface area contributed by atoms with Gasteiger partial charge in [-0.2, -0.15) is 0 Å². The first kappa shape index (κ1) is 23.7. The monoisotopic (exact) mass is 486 g/mol. The van der Waals surface area contributed by atoms with Crippen molar-refractivity contribution in [1.82, 2.24) is 10.2 Å². The highest BCUT2D eigenvalue weighted by Gasteiger charge is 2.19. The summed E-state index contributed by atoms with van der Waals surface area (Å²) in [5.74, 6) is 0.785. The molecule has 1 saturated heterocycles. The number of rotatable bonds is 11. The standard InChI is InChI=1S/C21H34N4O.HI/c1-2-3-4-5-6-7-14-23-21(22)24-16-18-10-12-19(13-11-18)17-25-15-8-9-20(25)26;/h10-13H,2-9,14-17H2,1H3,(H3,22,23,24);1H. The molecule has 2 rings (SSSR count). The Balaban J connectivity index is 0.00000364. The number of hydrogen-bond acceptors (Lipinski definition) is 2. The smallest absolute Gasteiger partial charge is 0.222 e. The fraction of sp³-hybridized carbons (Fsp3) is 0.619. The largest absolute Gasteiger partial charge is 0.370 e. The van der Waals surface area contributed by atoms with E-state index in [1.807, 2.05) is 4.90 Å². The molecule has 6 heteroatoms. The van der Waals surface area contributed by atoms with Crippen LogP contribution in [0.15, 0.2) is 29.3 Å². The Bertz CT molecular complexity index is 574. The molecule has 0 atom stereocenters. The van der Waals surface area contributed by atoms with E-state index in [2.05, 4.69) is 41.5 Å². The molecule has 0 saturated carbocycles. The molecule has 5 nitrogen and oxygen atoms in total. The van der Waals surface area contributed by atoms with Crippen molar-refractivity contribution in [2.75, 3.05) is 13.1 Å². The van der Waals surface area contributed by atoms with Crippen LogP contribution in [0.5, 0.6) is 0 Å². The number of carbonyl (C=O) groups is 1. The number of benzene rings is 1. The number of likely N-dealkylation sites (tertiary alicyclic amines) is 1. The van der Waals surface area contributed by atoms with Crippen LogP contribution in [0.1, 0.15) is 69.4 Å². The number of amides is 1. The Morgan fingerprint density at radius 2 is 1.78 bits per heavy atom.